The summed E-state index contributed by atoms with van der Waals surface area (Å²) in [5.74, 6) is 0.880. The molecule has 0 atom stereocenters. The van der Waals surface area contributed by atoms with E-state index in [-0.39, 0.29) is 11.8 Å². The van der Waals surface area contributed by atoms with Crippen molar-refractivity contribution < 1.29 is 12.8 Å². The van der Waals surface area contributed by atoms with Crippen LogP contribution in [0.3, 0.4) is 0 Å². The van der Waals surface area contributed by atoms with E-state index in [4.69, 9.17) is 10.2 Å². The average molecular weight is 272 g/mol. The Morgan fingerprint density at radius 3 is 2.72 bits per heavy atom. The van der Waals surface area contributed by atoms with Crippen LogP contribution < -0.4 is 5.73 Å². The molecule has 5 nitrogen and oxygen atoms in total. The first-order valence-corrected chi connectivity index (χ1v) is 7.96. The normalized spacial score (nSPS) is 16.3. The Hall–Kier alpha value is -0.850. The SMILES string of the molecule is NCCCCS(=O)(=O)N(Cc1ccco1)C1CC1. The van der Waals surface area contributed by atoms with Crippen LogP contribution in [0.4, 0.5) is 0 Å². The van der Waals surface area contributed by atoms with Gasteiger partial charge in [0.15, 0.2) is 0 Å². The molecule has 1 saturated carbocycles. The molecule has 2 rings (SSSR count). The summed E-state index contributed by atoms with van der Waals surface area (Å²) < 4.78 is 31.3. The molecule has 18 heavy (non-hydrogen) atoms. The molecule has 1 aliphatic rings. The molecule has 2 N–H and O–H groups in total. The van der Waals surface area contributed by atoms with Gasteiger partial charge in [0, 0.05) is 6.04 Å². The number of unbranched alkanes of at least 4 members (excludes halogenated alkanes) is 1. The molecule has 0 aliphatic heterocycles. The van der Waals surface area contributed by atoms with E-state index < -0.39 is 10.0 Å². The van der Waals surface area contributed by atoms with Crippen LogP contribution in [-0.4, -0.2) is 31.1 Å². The van der Waals surface area contributed by atoms with Crippen LogP contribution in [0.2, 0.25) is 0 Å². The third kappa shape index (κ3) is 3.57. The molecular formula is C12H20N2O3S. The second kappa shape index (κ2) is 5.86. The minimum absolute atomic E-state index is 0.165. The molecule has 0 spiro atoms. The van der Waals surface area contributed by atoms with Crippen molar-refractivity contribution in [3.8, 4) is 0 Å². The fourth-order valence-corrected chi connectivity index (χ4v) is 3.71. The molecule has 1 heterocycles. The van der Waals surface area contributed by atoms with Crippen molar-refractivity contribution in [3.63, 3.8) is 0 Å². The number of furan rings is 1. The number of nitrogens with zero attached hydrogens (tertiary/aromatic N) is 1. The maximum atomic E-state index is 12.3. The van der Waals surface area contributed by atoms with Crippen molar-refractivity contribution in [2.45, 2.75) is 38.3 Å². The van der Waals surface area contributed by atoms with Crippen molar-refractivity contribution in [2.75, 3.05) is 12.3 Å². The lowest BCUT2D eigenvalue weighted by Gasteiger charge is -2.20. The van der Waals surface area contributed by atoms with Gasteiger partial charge >= 0.3 is 0 Å². The standard InChI is InChI=1S/C12H20N2O3S/c13-7-1-2-9-18(15,16)14(11-5-6-11)10-12-4-3-8-17-12/h3-4,8,11H,1-2,5-7,9-10,13H2. The zero-order valence-electron chi connectivity index (χ0n) is 10.4. The quantitative estimate of drug-likeness (QED) is 0.724. The van der Waals surface area contributed by atoms with Crippen LogP contribution in [-0.2, 0) is 16.6 Å². The van der Waals surface area contributed by atoms with Gasteiger partial charge in [0.2, 0.25) is 10.0 Å². The third-order valence-corrected chi connectivity index (χ3v) is 5.01. The minimum atomic E-state index is -3.19. The van der Waals surface area contributed by atoms with E-state index in [1.807, 2.05) is 6.07 Å². The van der Waals surface area contributed by atoms with Crippen LogP contribution >= 0.6 is 0 Å². The monoisotopic (exact) mass is 272 g/mol. The van der Waals surface area contributed by atoms with Crippen LogP contribution in [0, 0.1) is 0 Å². The Bertz CT molecular complexity index is 452. The van der Waals surface area contributed by atoms with Crippen molar-refractivity contribution in [1.29, 1.82) is 0 Å². The summed E-state index contributed by atoms with van der Waals surface area (Å²) in [5.41, 5.74) is 5.39. The molecule has 1 aliphatic carbocycles. The fourth-order valence-electron chi connectivity index (χ4n) is 1.92. The average Bonchev–Trinajstić information content (AvgIpc) is 3.03. The van der Waals surface area contributed by atoms with Crippen LogP contribution in [0.25, 0.3) is 0 Å². The number of rotatable bonds is 8. The van der Waals surface area contributed by atoms with Gasteiger partial charge in [-0.25, -0.2) is 8.42 Å². The van der Waals surface area contributed by atoms with Gasteiger partial charge in [0.05, 0.1) is 18.6 Å². The maximum absolute atomic E-state index is 12.3. The smallest absolute Gasteiger partial charge is 0.214 e. The Kier molecular flexibility index (Phi) is 4.42. The van der Waals surface area contributed by atoms with E-state index in [0.717, 1.165) is 19.3 Å². The van der Waals surface area contributed by atoms with E-state index in [2.05, 4.69) is 0 Å². The Morgan fingerprint density at radius 2 is 2.17 bits per heavy atom. The van der Waals surface area contributed by atoms with Gasteiger partial charge in [0.1, 0.15) is 5.76 Å². The van der Waals surface area contributed by atoms with Crippen LogP contribution in [0.5, 0.6) is 0 Å². The summed E-state index contributed by atoms with van der Waals surface area (Å²) in [5, 5.41) is 0. The molecule has 0 bridgehead atoms. The minimum Gasteiger partial charge on any atom is -0.468 e. The number of sulfonamides is 1. The molecule has 1 fully saturated rings. The zero-order chi connectivity index (χ0) is 13.0. The van der Waals surface area contributed by atoms with Gasteiger partial charge in [0.25, 0.3) is 0 Å². The highest BCUT2D eigenvalue weighted by atomic mass is 32.2. The third-order valence-electron chi connectivity index (χ3n) is 3.06. The number of hydrogen-bond donors (Lipinski definition) is 1. The molecule has 6 heteroatoms. The van der Waals surface area contributed by atoms with Gasteiger partial charge in [-0.2, -0.15) is 4.31 Å². The summed E-state index contributed by atoms with van der Waals surface area (Å²) >= 11 is 0. The first-order chi connectivity index (χ1) is 8.63. The number of hydrogen-bond acceptors (Lipinski definition) is 4. The highest BCUT2D eigenvalue weighted by molar-refractivity contribution is 7.89. The molecule has 0 amide bonds. The predicted octanol–water partition coefficient (Wildman–Crippen LogP) is 1.31. The van der Waals surface area contributed by atoms with Gasteiger partial charge < -0.3 is 10.2 Å². The Balaban J connectivity index is 2.00. The second-order valence-electron chi connectivity index (χ2n) is 4.67. The largest absolute Gasteiger partial charge is 0.468 e. The molecule has 1 aromatic heterocycles. The topological polar surface area (TPSA) is 76.5 Å². The van der Waals surface area contributed by atoms with Crippen molar-refractivity contribution in [1.82, 2.24) is 4.31 Å². The lowest BCUT2D eigenvalue weighted by molar-refractivity contribution is 0.356. The lowest BCUT2D eigenvalue weighted by Crippen LogP contribution is -2.34. The highest BCUT2D eigenvalue weighted by Crippen LogP contribution is 2.31. The fraction of sp³-hybridized carbons (Fsp3) is 0.667. The summed E-state index contributed by atoms with van der Waals surface area (Å²) in [7, 11) is -3.19. The van der Waals surface area contributed by atoms with Gasteiger partial charge in [-0.15, -0.1) is 0 Å². The van der Waals surface area contributed by atoms with E-state index in [0.29, 0.717) is 25.3 Å². The van der Waals surface area contributed by atoms with Crippen molar-refractivity contribution in [2.24, 2.45) is 5.73 Å². The highest BCUT2D eigenvalue weighted by Gasteiger charge is 2.37. The van der Waals surface area contributed by atoms with Crippen molar-refractivity contribution in [3.05, 3.63) is 24.2 Å². The first-order valence-electron chi connectivity index (χ1n) is 6.35. The summed E-state index contributed by atoms with van der Waals surface area (Å²) in [6.45, 7) is 0.889. The molecule has 1 aromatic rings. The maximum Gasteiger partial charge on any atom is 0.214 e. The molecule has 102 valence electrons. The lowest BCUT2D eigenvalue weighted by atomic mass is 10.3. The number of nitrogens with two attached hydrogens (primary N) is 1. The zero-order valence-corrected chi connectivity index (χ0v) is 11.2. The van der Waals surface area contributed by atoms with E-state index >= 15 is 0 Å². The predicted molar refractivity (Wildman–Crippen MR) is 69.3 cm³/mol. The van der Waals surface area contributed by atoms with Gasteiger partial charge in [-0.05, 0) is 44.4 Å². The molecule has 0 saturated heterocycles. The first kappa shape index (κ1) is 13.6. The van der Waals surface area contributed by atoms with Crippen molar-refractivity contribution >= 4 is 10.0 Å². The van der Waals surface area contributed by atoms with Crippen LogP contribution in [0.1, 0.15) is 31.4 Å². The Labute approximate surface area is 108 Å². The van der Waals surface area contributed by atoms with Crippen LogP contribution in [0.15, 0.2) is 22.8 Å². The van der Waals surface area contributed by atoms with E-state index in [1.165, 1.54) is 0 Å². The summed E-state index contributed by atoms with van der Waals surface area (Å²) in [6, 6.07) is 3.75. The Morgan fingerprint density at radius 1 is 1.39 bits per heavy atom. The second-order valence-corrected chi connectivity index (χ2v) is 6.71. The molecule has 0 aromatic carbocycles. The summed E-state index contributed by atoms with van der Waals surface area (Å²) in [4.78, 5) is 0. The van der Waals surface area contributed by atoms with Gasteiger partial charge in [-0.3, -0.25) is 0 Å². The molecule has 0 radical (unpaired) electrons. The van der Waals surface area contributed by atoms with Gasteiger partial charge in [-0.1, -0.05) is 0 Å². The molecule has 0 unspecified atom stereocenters. The van der Waals surface area contributed by atoms with E-state index in [9.17, 15) is 8.42 Å². The molecular weight excluding hydrogens is 252 g/mol. The van der Waals surface area contributed by atoms with E-state index in [1.54, 1.807) is 16.6 Å². The summed E-state index contributed by atoms with van der Waals surface area (Å²) in [6.07, 6.45) is 4.85.